The average molecular weight is 376 g/mol. The van der Waals surface area contributed by atoms with E-state index in [1.54, 1.807) is 0 Å². The number of rotatable bonds is 6. The van der Waals surface area contributed by atoms with Gasteiger partial charge in [-0.1, -0.05) is 81.4 Å². The van der Waals surface area contributed by atoms with E-state index in [1.165, 1.54) is 5.56 Å². The molecule has 0 aliphatic carbocycles. The molecule has 1 aromatic carbocycles. The van der Waals surface area contributed by atoms with Crippen molar-refractivity contribution < 1.29 is 5.11 Å². The van der Waals surface area contributed by atoms with Gasteiger partial charge in [-0.25, -0.2) is 0 Å². The summed E-state index contributed by atoms with van der Waals surface area (Å²) in [6.45, 7) is 23.7. The van der Waals surface area contributed by atoms with Gasteiger partial charge in [-0.2, -0.15) is 0 Å². The lowest BCUT2D eigenvalue weighted by atomic mass is 9.68. The van der Waals surface area contributed by atoms with Crippen molar-refractivity contribution in [2.45, 2.75) is 99.5 Å². The first-order chi connectivity index (χ1) is 11.8. The molecular weight excluding hydrogens is 330 g/mol. The maximum atomic E-state index is 11.2. The largest absolute Gasteiger partial charge is 0.507 e. The number of hydrogen-bond donors (Lipinski definition) is 1. The fourth-order valence-electron chi connectivity index (χ4n) is 4.91. The number of phenols is 1. The summed E-state index contributed by atoms with van der Waals surface area (Å²) in [5.74, 6) is 0.480. The Balaban J connectivity index is 3.59. The van der Waals surface area contributed by atoms with E-state index >= 15 is 0 Å². The van der Waals surface area contributed by atoms with E-state index in [0.29, 0.717) is 5.75 Å². The van der Waals surface area contributed by atoms with Crippen molar-refractivity contribution in [1.29, 1.82) is 0 Å². The molecule has 0 radical (unpaired) electrons. The Labute approximate surface area is 169 Å². The molecule has 0 aromatic heterocycles. The molecule has 0 unspecified atom stereocenters. The first-order valence-electron chi connectivity index (χ1n) is 10.4. The van der Waals surface area contributed by atoms with Crippen LogP contribution in [-0.4, -0.2) is 24.1 Å². The minimum absolute atomic E-state index is 0.0551. The Morgan fingerprint density at radius 2 is 1.19 bits per heavy atom. The molecule has 156 valence electrons. The number of nitrogens with zero attached hydrogens (tertiary/aromatic N) is 1. The topological polar surface area (TPSA) is 23.5 Å². The Kier molecular flexibility index (Phi) is 6.92. The van der Waals surface area contributed by atoms with Crippen LogP contribution in [0.1, 0.15) is 98.8 Å². The lowest BCUT2D eigenvalue weighted by molar-refractivity contribution is 0.273. The summed E-state index contributed by atoms with van der Waals surface area (Å²) in [6.07, 6.45) is 2.13. The molecule has 0 bridgehead atoms. The molecule has 0 saturated heterocycles. The van der Waals surface area contributed by atoms with Gasteiger partial charge in [0.05, 0.1) is 0 Å². The molecule has 0 saturated carbocycles. The highest BCUT2D eigenvalue weighted by molar-refractivity contribution is 5.49. The van der Waals surface area contributed by atoms with Crippen LogP contribution in [-0.2, 0) is 17.4 Å². The fraction of sp³-hybridized carbons (Fsp3) is 0.760. The summed E-state index contributed by atoms with van der Waals surface area (Å²) in [6, 6.07) is 4.52. The summed E-state index contributed by atoms with van der Waals surface area (Å²) < 4.78 is 0. The smallest absolute Gasteiger partial charge is 0.123 e. The zero-order valence-electron chi connectivity index (χ0n) is 20.2. The average Bonchev–Trinajstić information content (AvgIpc) is 2.34. The van der Waals surface area contributed by atoms with E-state index in [1.807, 2.05) is 0 Å². The van der Waals surface area contributed by atoms with Gasteiger partial charge in [0.1, 0.15) is 5.75 Å². The maximum absolute atomic E-state index is 11.2. The highest BCUT2D eigenvalue weighted by Crippen LogP contribution is 2.45. The third-order valence-corrected chi connectivity index (χ3v) is 5.13. The second-order valence-corrected chi connectivity index (χ2v) is 12.5. The summed E-state index contributed by atoms with van der Waals surface area (Å²) in [5.41, 5.74) is 3.89. The zero-order valence-corrected chi connectivity index (χ0v) is 20.2. The van der Waals surface area contributed by atoms with Crippen molar-refractivity contribution in [3.05, 3.63) is 28.8 Å². The summed E-state index contributed by atoms with van der Waals surface area (Å²) in [7, 11) is 4.12. The van der Waals surface area contributed by atoms with Gasteiger partial charge in [-0.3, -0.25) is 0 Å². The Bertz CT molecular complexity index is 640. The Morgan fingerprint density at radius 1 is 0.741 bits per heavy atom. The first kappa shape index (κ1) is 24.0. The molecule has 0 atom stereocenters. The van der Waals surface area contributed by atoms with E-state index in [9.17, 15) is 5.11 Å². The SMILES string of the molecule is CN(C)Cc1cc(C(C)(C)CC(C)(C)C)cc(C(C)(C)CC(C)(C)C)c1O. The quantitative estimate of drug-likeness (QED) is 0.585. The zero-order chi connectivity index (χ0) is 21.4. The van der Waals surface area contributed by atoms with Gasteiger partial charge in [-0.15, -0.1) is 0 Å². The van der Waals surface area contributed by atoms with Gasteiger partial charge in [0, 0.05) is 17.7 Å². The van der Waals surface area contributed by atoms with E-state index in [-0.39, 0.29) is 21.7 Å². The standard InChI is InChI=1S/C25H45NO/c1-22(2,3)16-24(7,8)19-13-18(15-26(11)12)21(27)20(14-19)25(9,10)17-23(4,5)6/h13-14,27H,15-17H2,1-12H3. The van der Waals surface area contributed by atoms with Crippen LogP contribution in [0.2, 0.25) is 0 Å². The molecule has 0 aliphatic heterocycles. The van der Waals surface area contributed by atoms with E-state index in [0.717, 1.165) is 30.5 Å². The van der Waals surface area contributed by atoms with Crippen molar-refractivity contribution >= 4 is 0 Å². The van der Waals surface area contributed by atoms with Crippen LogP contribution in [0.3, 0.4) is 0 Å². The summed E-state index contributed by atoms with van der Waals surface area (Å²) in [5, 5.41) is 11.2. The minimum Gasteiger partial charge on any atom is -0.507 e. The van der Waals surface area contributed by atoms with Crippen LogP contribution in [0.5, 0.6) is 5.75 Å². The highest BCUT2D eigenvalue weighted by Gasteiger charge is 2.34. The molecule has 0 aliphatic rings. The second kappa shape index (κ2) is 7.78. The van der Waals surface area contributed by atoms with Gasteiger partial charge in [0.2, 0.25) is 0 Å². The van der Waals surface area contributed by atoms with Crippen molar-refractivity contribution in [1.82, 2.24) is 4.90 Å². The van der Waals surface area contributed by atoms with Crippen molar-refractivity contribution in [2.75, 3.05) is 14.1 Å². The normalized spacial score (nSPS) is 14.1. The van der Waals surface area contributed by atoms with Crippen LogP contribution in [0.4, 0.5) is 0 Å². The molecule has 0 fully saturated rings. The number of phenolic OH excluding ortho intramolecular Hbond substituents is 1. The third-order valence-electron chi connectivity index (χ3n) is 5.13. The van der Waals surface area contributed by atoms with Crippen LogP contribution in [0, 0.1) is 10.8 Å². The molecular formula is C25H45NO. The molecule has 0 amide bonds. The predicted octanol–water partition coefficient (Wildman–Crippen LogP) is 6.88. The minimum atomic E-state index is -0.0861. The molecule has 2 heteroatoms. The van der Waals surface area contributed by atoms with Crippen molar-refractivity contribution in [2.24, 2.45) is 10.8 Å². The van der Waals surface area contributed by atoms with Crippen LogP contribution in [0.25, 0.3) is 0 Å². The monoisotopic (exact) mass is 375 g/mol. The second-order valence-electron chi connectivity index (χ2n) is 12.5. The van der Waals surface area contributed by atoms with Crippen molar-refractivity contribution in [3.8, 4) is 5.75 Å². The number of benzene rings is 1. The lowest BCUT2D eigenvalue weighted by Crippen LogP contribution is -2.28. The van der Waals surface area contributed by atoms with Crippen LogP contribution >= 0.6 is 0 Å². The Morgan fingerprint density at radius 3 is 1.59 bits per heavy atom. The maximum Gasteiger partial charge on any atom is 0.123 e. The molecule has 27 heavy (non-hydrogen) atoms. The number of aromatic hydroxyl groups is 1. The molecule has 1 aromatic rings. The first-order valence-corrected chi connectivity index (χ1v) is 10.4. The van der Waals surface area contributed by atoms with E-state index in [2.05, 4.69) is 100 Å². The summed E-state index contributed by atoms with van der Waals surface area (Å²) in [4.78, 5) is 2.14. The highest BCUT2D eigenvalue weighted by atomic mass is 16.3. The lowest BCUT2D eigenvalue weighted by Gasteiger charge is -2.37. The third kappa shape index (κ3) is 7.14. The van der Waals surface area contributed by atoms with Crippen LogP contribution < -0.4 is 0 Å². The molecule has 1 rings (SSSR count). The van der Waals surface area contributed by atoms with Gasteiger partial charge < -0.3 is 10.0 Å². The van der Waals surface area contributed by atoms with Crippen molar-refractivity contribution in [3.63, 3.8) is 0 Å². The Hall–Kier alpha value is -1.02. The molecule has 2 nitrogen and oxygen atoms in total. The van der Waals surface area contributed by atoms with E-state index in [4.69, 9.17) is 0 Å². The fourth-order valence-corrected chi connectivity index (χ4v) is 4.91. The predicted molar refractivity (Wildman–Crippen MR) is 120 cm³/mol. The van der Waals surface area contributed by atoms with Gasteiger partial charge in [0.15, 0.2) is 0 Å². The summed E-state index contributed by atoms with van der Waals surface area (Å²) >= 11 is 0. The molecule has 1 N–H and O–H groups in total. The van der Waals surface area contributed by atoms with E-state index < -0.39 is 0 Å². The molecule has 0 heterocycles. The molecule has 0 spiro atoms. The van der Waals surface area contributed by atoms with Gasteiger partial charge >= 0.3 is 0 Å². The van der Waals surface area contributed by atoms with Gasteiger partial charge in [0.25, 0.3) is 0 Å². The van der Waals surface area contributed by atoms with Crippen LogP contribution in [0.15, 0.2) is 12.1 Å². The van der Waals surface area contributed by atoms with Gasteiger partial charge in [-0.05, 0) is 54.2 Å². The number of hydrogen-bond acceptors (Lipinski definition) is 2.